The second-order valence-electron chi connectivity index (χ2n) is 4.39. The average Bonchev–Trinajstić information content (AvgIpc) is 3.24. The van der Waals surface area contributed by atoms with E-state index in [0.29, 0.717) is 24.0 Å². The van der Waals surface area contributed by atoms with Gasteiger partial charge in [-0.25, -0.2) is 10.8 Å². The van der Waals surface area contributed by atoms with Gasteiger partial charge in [-0.15, -0.1) is 0 Å². The fourth-order valence-corrected chi connectivity index (χ4v) is 2.02. The summed E-state index contributed by atoms with van der Waals surface area (Å²) in [5, 5.41) is 0.326. The summed E-state index contributed by atoms with van der Waals surface area (Å²) in [7, 11) is 1.61. The summed E-state index contributed by atoms with van der Waals surface area (Å²) >= 11 is 6.04. The Morgan fingerprint density at radius 2 is 2.37 bits per heavy atom. The van der Waals surface area contributed by atoms with E-state index in [9.17, 15) is 4.79 Å². The number of methoxy groups -OCH3 is 1. The van der Waals surface area contributed by atoms with Crippen LogP contribution in [0, 0.1) is 0 Å². The Kier molecular flexibility index (Phi) is 4.57. The minimum absolute atomic E-state index is 0.179. The maximum Gasteiger partial charge on any atom is 0.274 e. The molecule has 6 nitrogen and oxygen atoms in total. The predicted octanol–water partition coefficient (Wildman–Crippen LogP) is 1.27. The minimum Gasteiger partial charge on any atom is -0.383 e. The first-order chi connectivity index (χ1) is 9.17. The lowest BCUT2D eigenvalue weighted by Crippen LogP contribution is -2.36. The molecule has 7 heteroatoms. The third-order valence-electron chi connectivity index (χ3n) is 2.98. The molecular formula is C12H17ClN4O2. The Labute approximate surface area is 116 Å². The Hall–Kier alpha value is -1.37. The van der Waals surface area contributed by atoms with Gasteiger partial charge in [-0.1, -0.05) is 11.6 Å². The van der Waals surface area contributed by atoms with Gasteiger partial charge in [-0.3, -0.25) is 4.79 Å². The molecule has 0 aromatic carbocycles. The second-order valence-corrected chi connectivity index (χ2v) is 4.80. The molecule has 19 heavy (non-hydrogen) atoms. The van der Waals surface area contributed by atoms with Crippen molar-refractivity contribution in [3.8, 4) is 0 Å². The van der Waals surface area contributed by atoms with Gasteiger partial charge in [-0.05, 0) is 25.0 Å². The molecule has 1 saturated carbocycles. The number of aromatic nitrogens is 1. The first-order valence-corrected chi connectivity index (χ1v) is 6.48. The zero-order chi connectivity index (χ0) is 13.8. The van der Waals surface area contributed by atoms with Crippen LogP contribution in [0.15, 0.2) is 12.1 Å². The molecule has 1 aliphatic rings. The van der Waals surface area contributed by atoms with Crippen LogP contribution in [0.25, 0.3) is 0 Å². The zero-order valence-corrected chi connectivity index (χ0v) is 11.5. The van der Waals surface area contributed by atoms with E-state index in [1.54, 1.807) is 24.1 Å². The molecule has 0 saturated heterocycles. The number of ether oxygens (including phenoxy) is 1. The van der Waals surface area contributed by atoms with Crippen LogP contribution in [-0.4, -0.2) is 42.1 Å². The van der Waals surface area contributed by atoms with E-state index in [-0.39, 0.29) is 17.6 Å². The van der Waals surface area contributed by atoms with Gasteiger partial charge in [0.25, 0.3) is 5.91 Å². The average molecular weight is 285 g/mol. The number of nitrogens with one attached hydrogen (secondary N) is 1. The molecule has 0 unspecified atom stereocenters. The van der Waals surface area contributed by atoms with Gasteiger partial charge in [0.1, 0.15) is 11.5 Å². The largest absolute Gasteiger partial charge is 0.383 e. The standard InChI is InChI=1S/C12H17ClN4O2/c1-19-7-6-17(8-2-3-8)12(18)11-9(13)4-5-10(15-11)16-14/h4-5,8H,2-3,6-7,14H2,1H3,(H,15,16). The van der Waals surface area contributed by atoms with Gasteiger partial charge in [0.15, 0.2) is 0 Å². The van der Waals surface area contributed by atoms with Crippen molar-refractivity contribution in [2.75, 3.05) is 25.7 Å². The van der Waals surface area contributed by atoms with Crippen molar-refractivity contribution >= 4 is 23.3 Å². The van der Waals surface area contributed by atoms with Crippen molar-refractivity contribution in [3.63, 3.8) is 0 Å². The first-order valence-electron chi connectivity index (χ1n) is 6.10. The van der Waals surface area contributed by atoms with Crippen LogP contribution in [0.2, 0.25) is 5.02 Å². The Bertz CT molecular complexity index is 465. The van der Waals surface area contributed by atoms with Gasteiger partial charge in [-0.2, -0.15) is 0 Å². The highest BCUT2D eigenvalue weighted by molar-refractivity contribution is 6.33. The summed E-state index contributed by atoms with van der Waals surface area (Å²) in [6, 6.07) is 3.50. The zero-order valence-electron chi connectivity index (χ0n) is 10.7. The van der Waals surface area contributed by atoms with Gasteiger partial charge in [0.05, 0.1) is 11.6 Å². The van der Waals surface area contributed by atoms with Crippen LogP contribution in [0.4, 0.5) is 5.82 Å². The highest BCUT2D eigenvalue weighted by atomic mass is 35.5. The summed E-state index contributed by atoms with van der Waals surface area (Å²) in [6.07, 6.45) is 2.03. The molecular weight excluding hydrogens is 268 g/mol. The van der Waals surface area contributed by atoms with Crippen molar-refractivity contribution in [3.05, 3.63) is 22.8 Å². The molecule has 1 amide bonds. The lowest BCUT2D eigenvalue weighted by Gasteiger charge is -2.22. The molecule has 1 heterocycles. The number of halogens is 1. The molecule has 0 atom stereocenters. The van der Waals surface area contributed by atoms with Gasteiger partial charge in [0, 0.05) is 19.7 Å². The van der Waals surface area contributed by atoms with E-state index in [4.69, 9.17) is 22.2 Å². The summed E-state index contributed by atoms with van der Waals surface area (Å²) < 4.78 is 5.03. The summed E-state index contributed by atoms with van der Waals surface area (Å²) in [5.74, 6) is 5.53. The van der Waals surface area contributed by atoms with Crippen molar-refractivity contribution in [2.45, 2.75) is 18.9 Å². The Morgan fingerprint density at radius 1 is 1.63 bits per heavy atom. The number of rotatable bonds is 6. The maximum absolute atomic E-state index is 12.5. The van der Waals surface area contributed by atoms with Crippen LogP contribution in [0.5, 0.6) is 0 Å². The lowest BCUT2D eigenvalue weighted by molar-refractivity contribution is 0.0675. The number of carbonyl (C=O) groups is 1. The fraction of sp³-hybridized carbons (Fsp3) is 0.500. The third kappa shape index (κ3) is 3.34. The minimum atomic E-state index is -0.179. The molecule has 1 aliphatic carbocycles. The number of pyridine rings is 1. The third-order valence-corrected chi connectivity index (χ3v) is 3.29. The quantitative estimate of drug-likeness (QED) is 0.607. The number of nitrogen functional groups attached to an aromatic ring is 1. The normalized spacial score (nSPS) is 14.3. The van der Waals surface area contributed by atoms with E-state index in [1.807, 2.05) is 0 Å². The summed E-state index contributed by atoms with van der Waals surface area (Å²) in [6.45, 7) is 1.03. The molecule has 0 spiro atoms. The number of amides is 1. The second kappa shape index (κ2) is 6.18. The Balaban J connectivity index is 2.20. The van der Waals surface area contributed by atoms with Crippen LogP contribution >= 0.6 is 11.6 Å². The summed E-state index contributed by atoms with van der Waals surface area (Å²) in [4.78, 5) is 18.4. The highest BCUT2D eigenvalue weighted by Crippen LogP contribution is 2.29. The van der Waals surface area contributed by atoms with E-state index in [1.165, 1.54) is 0 Å². The monoisotopic (exact) mass is 284 g/mol. The number of carbonyl (C=O) groups excluding carboxylic acids is 1. The van der Waals surface area contributed by atoms with Crippen molar-refractivity contribution in [2.24, 2.45) is 5.84 Å². The van der Waals surface area contributed by atoms with Crippen molar-refractivity contribution in [1.29, 1.82) is 0 Å². The van der Waals surface area contributed by atoms with Gasteiger partial charge < -0.3 is 15.1 Å². The molecule has 1 aromatic rings. The molecule has 0 aliphatic heterocycles. The van der Waals surface area contributed by atoms with Crippen LogP contribution in [0.3, 0.4) is 0 Å². The van der Waals surface area contributed by atoms with Crippen molar-refractivity contribution < 1.29 is 9.53 Å². The number of hydrogen-bond donors (Lipinski definition) is 2. The van der Waals surface area contributed by atoms with E-state index < -0.39 is 0 Å². The number of hydrazine groups is 1. The van der Waals surface area contributed by atoms with Crippen molar-refractivity contribution in [1.82, 2.24) is 9.88 Å². The number of anilines is 1. The summed E-state index contributed by atoms with van der Waals surface area (Å²) in [5.41, 5.74) is 2.63. The highest BCUT2D eigenvalue weighted by Gasteiger charge is 2.34. The van der Waals surface area contributed by atoms with Gasteiger partial charge >= 0.3 is 0 Å². The van der Waals surface area contributed by atoms with E-state index >= 15 is 0 Å². The Morgan fingerprint density at radius 3 is 2.95 bits per heavy atom. The fourth-order valence-electron chi connectivity index (χ4n) is 1.83. The molecule has 0 bridgehead atoms. The molecule has 3 N–H and O–H groups in total. The number of hydrogen-bond acceptors (Lipinski definition) is 5. The number of nitrogens with two attached hydrogens (primary N) is 1. The maximum atomic E-state index is 12.5. The number of nitrogens with zero attached hydrogens (tertiary/aromatic N) is 2. The molecule has 1 fully saturated rings. The van der Waals surface area contributed by atoms with Gasteiger partial charge in [0.2, 0.25) is 0 Å². The van der Waals surface area contributed by atoms with Crippen LogP contribution in [0.1, 0.15) is 23.3 Å². The lowest BCUT2D eigenvalue weighted by atomic mass is 10.3. The smallest absolute Gasteiger partial charge is 0.274 e. The van der Waals surface area contributed by atoms with E-state index in [0.717, 1.165) is 12.8 Å². The van der Waals surface area contributed by atoms with Crippen LogP contribution in [-0.2, 0) is 4.74 Å². The van der Waals surface area contributed by atoms with E-state index in [2.05, 4.69) is 10.4 Å². The molecule has 1 aromatic heterocycles. The molecule has 2 rings (SSSR count). The molecule has 0 radical (unpaired) electrons. The predicted molar refractivity (Wildman–Crippen MR) is 73.0 cm³/mol. The topological polar surface area (TPSA) is 80.5 Å². The van der Waals surface area contributed by atoms with Crippen LogP contribution < -0.4 is 11.3 Å². The first kappa shape index (κ1) is 14.0. The SMILES string of the molecule is COCCN(C(=O)c1nc(NN)ccc1Cl)C1CC1. The molecule has 104 valence electrons.